The third kappa shape index (κ3) is 5.11. The first-order valence-electron chi connectivity index (χ1n) is 6.97. The van der Waals surface area contributed by atoms with Gasteiger partial charge >= 0.3 is 0 Å². The molecule has 116 valence electrons. The maximum absolute atomic E-state index is 13.6. The molecule has 0 aliphatic carbocycles. The largest absolute Gasteiger partial charge is 0.356 e. The molecule has 1 aromatic carbocycles. The molecule has 2 aromatic rings. The lowest BCUT2D eigenvalue weighted by Gasteiger charge is -2.12. The maximum Gasteiger partial charge on any atom is 0.191 e. The van der Waals surface area contributed by atoms with Crippen molar-refractivity contribution in [2.24, 2.45) is 4.99 Å². The van der Waals surface area contributed by atoms with Crippen molar-refractivity contribution >= 4 is 21.9 Å². The second-order valence-electron chi connectivity index (χ2n) is 4.66. The summed E-state index contributed by atoms with van der Waals surface area (Å²) in [7, 11) is 1.70. The molecule has 0 spiro atoms. The fraction of sp³-hybridized carbons (Fsp3) is 0.250. The Labute approximate surface area is 138 Å². The average Bonchev–Trinajstić information content (AvgIpc) is 2.55. The van der Waals surface area contributed by atoms with Gasteiger partial charge < -0.3 is 10.6 Å². The van der Waals surface area contributed by atoms with Gasteiger partial charge in [-0.1, -0.05) is 22.0 Å². The highest BCUT2D eigenvalue weighted by molar-refractivity contribution is 9.10. The molecular weight excluding hydrogens is 347 g/mol. The van der Waals surface area contributed by atoms with Gasteiger partial charge in [0.2, 0.25) is 0 Å². The van der Waals surface area contributed by atoms with E-state index in [1.807, 2.05) is 18.2 Å². The first kappa shape index (κ1) is 16.4. The summed E-state index contributed by atoms with van der Waals surface area (Å²) in [6, 6.07) is 10.7. The van der Waals surface area contributed by atoms with Gasteiger partial charge in [0.25, 0.3) is 0 Å². The van der Waals surface area contributed by atoms with E-state index < -0.39 is 0 Å². The fourth-order valence-corrected chi connectivity index (χ4v) is 2.36. The van der Waals surface area contributed by atoms with Crippen molar-refractivity contribution in [3.8, 4) is 0 Å². The zero-order chi connectivity index (χ0) is 15.8. The molecular formula is C16H18BrFN4. The van der Waals surface area contributed by atoms with Crippen LogP contribution in [0, 0.1) is 5.82 Å². The van der Waals surface area contributed by atoms with Crippen LogP contribution in [0.25, 0.3) is 0 Å². The molecule has 0 amide bonds. The Kier molecular flexibility index (Phi) is 6.33. The summed E-state index contributed by atoms with van der Waals surface area (Å²) in [6.07, 6.45) is 2.33. The van der Waals surface area contributed by atoms with E-state index in [4.69, 9.17) is 0 Å². The summed E-state index contributed by atoms with van der Waals surface area (Å²) in [5.74, 6) is 0.475. The van der Waals surface area contributed by atoms with Gasteiger partial charge in [-0.3, -0.25) is 9.98 Å². The smallest absolute Gasteiger partial charge is 0.191 e. The van der Waals surface area contributed by atoms with Crippen LogP contribution < -0.4 is 10.6 Å². The Bertz CT molecular complexity index is 631. The fourth-order valence-electron chi connectivity index (χ4n) is 1.95. The van der Waals surface area contributed by atoms with E-state index in [0.29, 0.717) is 31.0 Å². The van der Waals surface area contributed by atoms with E-state index in [0.717, 1.165) is 10.2 Å². The average molecular weight is 365 g/mol. The minimum absolute atomic E-state index is 0.193. The predicted molar refractivity (Wildman–Crippen MR) is 90.2 cm³/mol. The van der Waals surface area contributed by atoms with E-state index in [-0.39, 0.29) is 5.82 Å². The summed E-state index contributed by atoms with van der Waals surface area (Å²) in [5, 5.41) is 6.34. The molecule has 1 aromatic heterocycles. The van der Waals surface area contributed by atoms with E-state index in [1.54, 1.807) is 25.4 Å². The number of halogens is 2. The van der Waals surface area contributed by atoms with Crippen LogP contribution in [-0.2, 0) is 13.0 Å². The predicted octanol–water partition coefficient (Wildman–Crippen LogP) is 2.89. The second-order valence-corrected chi connectivity index (χ2v) is 5.58. The van der Waals surface area contributed by atoms with E-state index in [1.165, 1.54) is 6.07 Å². The Morgan fingerprint density at radius 3 is 2.86 bits per heavy atom. The molecule has 0 aliphatic heterocycles. The van der Waals surface area contributed by atoms with Crippen LogP contribution in [0.2, 0.25) is 0 Å². The molecule has 1 heterocycles. The number of aromatic nitrogens is 1. The molecule has 0 bridgehead atoms. The molecule has 0 aliphatic rings. The molecule has 0 atom stereocenters. The molecule has 0 unspecified atom stereocenters. The minimum Gasteiger partial charge on any atom is -0.356 e. The summed E-state index contributed by atoms with van der Waals surface area (Å²) in [5.41, 5.74) is 1.60. The highest BCUT2D eigenvalue weighted by Crippen LogP contribution is 2.15. The lowest BCUT2D eigenvalue weighted by molar-refractivity contribution is 0.606. The summed E-state index contributed by atoms with van der Waals surface area (Å²) >= 11 is 3.35. The number of rotatable bonds is 5. The van der Waals surface area contributed by atoms with Crippen molar-refractivity contribution in [3.05, 3.63) is 64.1 Å². The third-order valence-corrected chi connectivity index (χ3v) is 3.57. The van der Waals surface area contributed by atoms with Crippen molar-refractivity contribution in [1.29, 1.82) is 0 Å². The van der Waals surface area contributed by atoms with Gasteiger partial charge in [0.1, 0.15) is 5.82 Å². The number of nitrogens with zero attached hydrogens (tertiary/aromatic N) is 2. The van der Waals surface area contributed by atoms with Crippen molar-refractivity contribution in [1.82, 2.24) is 15.6 Å². The van der Waals surface area contributed by atoms with Gasteiger partial charge in [-0.05, 0) is 42.3 Å². The van der Waals surface area contributed by atoms with Gasteiger partial charge in [-0.2, -0.15) is 0 Å². The third-order valence-electron chi connectivity index (χ3n) is 3.08. The van der Waals surface area contributed by atoms with Crippen molar-refractivity contribution < 1.29 is 4.39 Å². The van der Waals surface area contributed by atoms with Gasteiger partial charge in [0.05, 0.1) is 12.2 Å². The molecule has 0 saturated carbocycles. The van der Waals surface area contributed by atoms with Gasteiger partial charge in [-0.15, -0.1) is 0 Å². The van der Waals surface area contributed by atoms with Crippen molar-refractivity contribution in [3.63, 3.8) is 0 Å². The van der Waals surface area contributed by atoms with E-state index >= 15 is 0 Å². The Morgan fingerprint density at radius 2 is 2.14 bits per heavy atom. The van der Waals surface area contributed by atoms with Gasteiger partial charge in [0, 0.05) is 24.3 Å². The SMILES string of the molecule is CN=C(NCCc1cc(Br)ccc1F)NCc1ccccn1. The monoisotopic (exact) mass is 364 g/mol. The molecule has 6 heteroatoms. The first-order valence-corrected chi connectivity index (χ1v) is 7.76. The topological polar surface area (TPSA) is 49.3 Å². The normalized spacial score (nSPS) is 11.3. The van der Waals surface area contributed by atoms with Gasteiger partial charge in [0.15, 0.2) is 5.96 Å². The Morgan fingerprint density at radius 1 is 1.27 bits per heavy atom. The molecule has 2 rings (SSSR count). The van der Waals surface area contributed by atoms with Crippen LogP contribution in [-0.4, -0.2) is 24.5 Å². The van der Waals surface area contributed by atoms with Crippen LogP contribution >= 0.6 is 15.9 Å². The number of aliphatic imine (C=N–C) groups is 1. The standard InChI is InChI=1S/C16H18BrFN4/c1-19-16(22-11-14-4-2-3-8-20-14)21-9-7-12-10-13(17)5-6-15(12)18/h2-6,8,10H,7,9,11H2,1H3,(H2,19,21,22). The molecule has 22 heavy (non-hydrogen) atoms. The number of nitrogens with one attached hydrogen (secondary N) is 2. The second kappa shape index (κ2) is 8.48. The highest BCUT2D eigenvalue weighted by atomic mass is 79.9. The number of benzene rings is 1. The lowest BCUT2D eigenvalue weighted by Crippen LogP contribution is -2.38. The Hall–Kier alpha value is -1.95. The number of hydrogen-bond donors (Lipinski definition) is 2. The lowest BCUT2D eigenvalue weighted by atomic mass is 10.1. The van der Waals surface area contributed by atoms with Crippen LogP contribution in [0.3, 0.4) is 0 Å². The number of guanidine groups is 1. The van der Waals surface area contributed by atoms with E-state index in [9.17, 15) is 4.39 Å². The molecule has 0 fully saturated rings. The van der Waals surface area contributed by atoms with E-state index in [2.05, 4.69) is 36.5 Å². The van der Waals surface area contributed by atoms with Crippen LogP contribution in [0.4, 0.5) is 4.39 Å². The van der Waals surface area contributed by atoms with Gasteiger partial charge in [-0.25, -0.2) is 4.39 Å². The molecule has 0 saturated heterocycles. The Balaban J connectivity index is 1.80. The van der Waals surface area contributed by atoms with Crippen LogP contribution in [0.5, 0.6) is 0 Å². The zero-order valence-electron chi connectivity index (χ0n) is 12.3. The number of pyridine rings is 1. The molecule has 2 N–H and O–H groups in total. The van der Waals surface area contributed by atoms with Crippen LogP contribution in [0.1, 0.15) is 11.3 Å². The quantitative estimate of drug-likeness (QED) is 0.633. The van der Waals surface area contributed by atoms with Crippen molar-refractivity contribution in [2.45, 2.75) is 13.0 Å². The summed E-state index contributed by atoms with van der Waals surface area (Å²) < 4.78 is 14.5. The highest BCUT2D eigenvalue weighted by Gasteiger charge is 2.04. The zero-order valence-corrected chi connectivity index (χ0v) is 13.9. The van der Waals surface area contributed by atoms with Crippen molar-refractivity contribution in [2.75, 3.05) is 13.6 Å². The summed E-state index contributed by atoms with van der Waals surface area (Å²) in [6.45, 7) is 1.18. The first-order chi connectivity index (χ1) is 10.7. The molecule has 4 nitrogen and oxygen atoms in total. The minimum atomic E-state index is -0.193. The number of hydrogen-bond acceptors (Lipinski definition) is 2. The maximum atomic E-state index is 13.6. The molecule has 0 radical (unpaired) electrons. The van der Waals surface area contributed by atoms with Crippen LogP contribution in [0.15, 0.2) is 52.1 Å². The summed E-state index contributed by atoms with van der Waals surface area (Å²) in [4.78, 5) is 8.37.